The maximum atomic E-state index is 13.4. The molecule has 9 heteroatoms. The lowest BCUT2D eigenvalue weighted by atomic mass is 10.0. The number of anilines is 1. The Morgan fingerprint density at radius 2 is 1.86 bits per heavy atom. The lowest BCUT2D eigenvalue weighted by Crippen LogP contribution is -2.49. The van der Waals surface area contributed by atoms with Gasteiger partial charge in [-0.05, 0) is 72.0 Å². The molecule has 0 amide bonds. The molecule has 0 saturated carbocycles. The highest BCUT2D eigenvalue weighted by Gasteiger charge is 2.33. The van der Waals surface area contributed by atoms with Crippen molar-refractivity contribution in [3.63, 3.8) is 0 Å². The van der Waals surface area contributed by atoms with E-state index < -0.39 is 0 Å². The number of pyridine rings is 1. The van der Waals surface area contributed by atoms with E-state index in [4.69, 9.17) is 4.74 Å². The number of aryl methyl sites for hydroxylation is 2. The molecule has 0 spiro atoms. The molecule has 1 aliphatic heterocycles. The molecule has 0 radical (unpaired) electrons. The second-order valence-electron chi connectivity index (χ2n) is 9.54. The van der Waals surface area contributed by atoms with Crippen molar-refractivity contribution < 1.29 is 4.74 Å². The first kappa shape index (κ1) is 24.1. The van der Waals surface area contributed by atoms with Crippen LogP contribution in [0, 0.1) is 20.8 Å². The van der Waals surface area contributed by atoms with E-state index in [1.165, 1.54) is 16.8 Å². The van der Waals surface area contributed by atoms with E-state index in [9.17, 15) is 4.79 Å². The van der Waals surface area contributed by atoms with Crippen LogP contribution in [0.2, 0.25) is 0 Å². The standard InChI is InChI=1S/C27H33N7O2/c1-18-8-9-23-21(16-18)17-22(27(35)28-23)25(26-29-30-31-34(26)14-15-36-4)33-12-10-32(11-13-33)24-7-5-6-19(2)20(24)3/h5-9,16-17,25H,10-15H2,1-4H3,(H,28,35)/t25-/m0/s1. The Balaban J connectivity index is 1.52. The molecule has 9 nitrogen and oxygen atoms in total. The number of methoxy groups -OCH3 is 1. The quantitative estimate of drug-likeness (QED) is 0.428. The number of fused-ring (bicyclic) bond motifs is 1. The normalized spacial score (nSPS) is 15.5. The first-order chi connectivity index (χ1) is 17.5. The average Bonchev–Trinajstić information content (AvgIpc) is 3.33. The molecule has 5 rings (SSSR count). The number of nitrogens with one attached hydrogen (secondary N) is 1. The summed E-state index contributed by atoms with van der Waals surface area (Å²) in [6.45, 7) is 10.6. The molecular formula is C27H33N7O2. The first-order valence-corrected chi connectivity index (χ1v) is 12.4. The highest BCUT2D eigenvalue weighted by atomic mass is 16.5. The number of ether oxygens (including phenoxy) is 1. The third kappa shape index (κ3) is 4.64. The smallest absolute Gasteiger partial charge is 0.253 e. The number of hydrogen-bond acceptors (Lipinski definition) is 7. The van der Waals surface area contributed by atoms with Crippen LogP contribution in [0.15, 0.2) is 47.3 Å². The Morgan fingerprint density at radius 1 is 1.06 bits per heavy atom. The van der Waals surface area contributed by atoms with Crippen molar-refractivity contribution in [1.82, 2.24) is 30.1 Å². The molecule has 1 fully saturated rings. The Labute approximate surface area is 210 Å². The number of hydrogen-bond donors (Lipinski definition) is 1. The molecule has 0 unspecified atom stereocenters. The van der Waals surface area contributed by atoms with Crippen molar-refractivity contribution >= 4 is 16.6 Å². The van der Waals surface area contributed by atoms with Crippen LogP contribution in [-0.4, -0.2) is 70.0 Å². The van der Waals surface area contributed by atoms with Gasteiger partial charge in [0.15, 0.2) is 5.82 Å². The van der Waals surface area contributed by atoms with Gasteiger partial charge in [-0.2, -0.15) is 0 Å². The molecule has 0 bridgehead atoms. The SMILES string of the molecule is COCCn1nnnc1[C@H](c1cc2cc(C)ccc2[nH]c1=O)N1CCN(c2cccc(C)c2C)CC1. The van der Waals surface area contributed by atoms with E-state index in [2.05, 4.69) is 75.3 Å². The van der Waals surface area contributed by atoms with Crippen LogP contribution in [0.3, 0.4) is 0 Å². The lowest BCUT2D eigenvalue weighted by Gasteiger charge is -2.40. The van der Waals surface area contributed by atoms with Gasteiger partial charge in [-0.3, -0.25) is 9.69 Å². The molecule has 1 aliphatic rings. The van der Waals surface area contributed by atoms with Crippen molar-refractivity contribution in [3.8, 4) is 0 Å². The van der Waals surface area contributed by atoms with Gasteiger partial charge in [0.1, 0.15) is 6.04 Å². The second kappa shape index (κ2) is 10.2. The maximum absolute atomic E-state index is 13.4. The molecule has 1 N–H and O–H groups in total. The molecule has 36 heavy (non-hydrogen) atoms. The van der Waals surface area contributed by atoms with E-state index in [-0.39, 0.29) is 11.6 Å². The average molecular weight is 488 g/mol. The minimum atomic E-state index is -0.369. The van der Waals surface area contributed by atoms with Crippen LogP contribution in [0.25, 0.3) is 10.9 Å². The Morgan fingerprint density at radius 3 is 2.64 bits per heavy atom. The lowest BCUT2D eigenvalue weighted by molar-refractivity contribution is 0.171. The van der Waals surface area contributed by atoms with Crippen LogP contribution in [-0.2, 0) is 11.3 Å². The number of H-pyrrole nitrogens is 1. The van der Waals surface area contributed by atoms with Crippen LogP contribution in [0.4, 0.5) is 5.69 Å². The monoisotopic (exact) mass is 487 g/mol. The van der Waals surface area contributed by atoms with Crippen molar-refractivity contribution in [2.45, 2.75) is 33.4 Å². The Bertz CT molecular complexity index is 1420. The largest absolute Gasteiger partial charge is 0.383 e. The van der Waals surface area contributed by atoms with Crippen molar-refractivity contribution in [3.05, 3.63) is 80.9 Å². The summed E-state index contributed by atoms with van der Waals surface area (Å²) in [6.07, 6.45) is 0. The number of rotatable bonds is 7. The van der Waals surface area contributed by atoms with E-state index in [0.717, 1.165) is 42.6 Å². The highest BCUT2D eigenvalue weighted by Crippen LogP contribution is 2.30. The summed E-state index contributed by atoms with van der Waals surface area (Å²) in [6, 6.07) is 14.1. The fourth-order valence-corrected chi connectivity index (χ4v) is 5.09. The molecule has 2 aromatic heterocycles. The summed E-state index contributed by atoms with van der Waals surface area (Å²) in [5.74, 6) is 0.657. The molecule has 1 saturated heterocycles. The van der Waals surface area contributed by atoms with Gasteiger partial charge < -0.3 is 14.6 Å². The number of aromatic nitrogens is 5. The summed E-state index contributed by atoms with van der Waals surface area (Å²) < 4.78 is 7.03. The molecule has 3 heterocycles. The Kier molecular flexibility index (Phi) is 6.84. The number of aromatic amines is 1. The maximum Gasteiger partial charge on any atom is 0.253 e. The molecule has 0 aliphatic carbocycles. The van der Waals surface area contributed by atoms with Gasteiger partial charge in [0.25, 0.3) is 5.56 Å². The molecule has 2 aromatic carbocycles. The van der Waals surface area contributed by atoms with Gasteiger partial charge in [-0.15, -0.1) is 5.10 Å². The zero-order valence-corrected chi connectivity index (χ0v) is 21.4. The van der Waals surface area contributed by atoms with E-state index in [1.807, 2.05) is 18.2 Å². The summed E-state index contributed by atoms with van der Waals surface area (Å²) in [4.78, 5) is 21.2. The van der Waals surface area contributed by atoms with Gasteiger partial charge in [0, 0.05) is 50.1 Å². The van der Waals surface area contributed by atoms with Crippen molar-refractivity contribution in [2.75, 3.05) is 44.8 Å². The minimum absolute atomic E-state index is 0.116. The van der Waals surface area contributed by atoms with E-state index in [1.54, 1.807) is 11.8 Å². The Hall–Kier alpha value is -3.56. The number of tetrazole rings is 1. The van der Waals surface area contributed by atoms with Crippen LogP contribution in [0.5, 0.6) is 0 Å². The summed E-state index contributed by atoms with van der Waals surface area (Å²) >= 11 is 0. The highest BCUT2D eigenvalue weighted by molar-refractivity contribution is 5.79. The van der Waals surface area contributed by atoms with Crippen LogP contribution < -0.4 is 10.5 Å². The zero-order valence-electron chi connectivity index (χ0n) is 21.4. The third-order valence-corrected chi connectivity index (χ3v) is 7.23. The van der Waals surface area contributed by atoms with Crippen LogP contribution in [0.1, 0.15) is 34.1 Å². The van der Waals surface area contributed by atoms with Gasteiger partial charge in [-0.25, -0.2) is 4.68 Å². The van der Waals surface area contributed by atoms with Crippen molar-refractivity contribution in [1.29, 1.82) is 0 Å². The topological polar surface area (TPSA) is 92.2 Å². The summed E-state index contributed by atoms with van der Waals surface area (Å²) in [7, 11) is 1.66. The number of piperazine rings is 1. The molecule has 4 aromatic rings. The molecule has 188 valence electrons. The number of nitrogens with zero attached hydrogens (tertiary/aromatic N) is 6. The number of benzene rings is 2. The van der Waals surface area contributed by atoms with Gasteiger partial charge in [0.05, 0.1) is 13.2 Å². The van der Waals surface area contributed by atoms with Gasteiger partial charge >= 0.3 is 0 Å². The zero-order chi connectivity index (χ0) is 25.2. The van der Waals surface area contributed by atoms with Crippen LogP contribution >= 0.6 is 0 Å². The first-order valence-electron chi connectivity index (χ1n) is 12.4. The fraction of sp³-hybridized carbons (Fsp3) is 0.407. The molecule has 1 atom stereocenters. The van der Waals surface area contributed by atoms with Gasteiger partial charge in [0.2, 0.25) is 0 Å². The fourth-order valence-electron chi connectivity index (χ4n) is 5.09. The van der Waals surface area contributed by atoms with Gasteiger partial charge in [-0.1, -0.05) is 23.8 Å². The predicted octanol–water partition coefficient (Wildman–Crippen LogP) is 3.00. The second-order valence-corrected chi connectivity index (χ2v) is 9.54. The minimum Gasteiger partial charge on any atom is -0.383 e. The van der Waals surface area contributed by atoms with Crippen molar-refractivity contribution in [2.24, 2.45) is 0 Å². The molecular weight excluding hydrogens is 454 g/mol. The summed E-state index contributed by atoms with van der Waals surface area (Å²) in [5.41, 5.74) is 6.39. The predicted molar refractivity (Wildman–Crippen MR) is 141 cm³/mol. The van der Waals surface area contributed by atoms with E-state index in [0.29, 0.717) is 24.5 Å². The van der Waals surface area contributed by atoms with E-state index >= 15 is 0 Å². The summed E-state index contributed by atoms with van der Waals surface area (Å²) in [5, 5.41) is 13.6. The third-order valence-electron chi connectivity index (χ3n) is 7.23.